The molecule has 2 unspecified atom stereocenters. The molecule has 0 aliphatic carbocycles. The smallest absolute Gasteiger partial charge is 0.407 e. The second kappa shape index (κ2) is 9.44. The van der Waals surface area contributed by atoms with Gasteiger partial charge in [0, 0.05) is 37.7 Å². The topological polar surface area (TPSA) is 93.9 Å². The fourth-order valence-corrected chi connectivity index (χ4v) is 4.86. The van der Waals surface area contributed by atoms with Crippen molar-refractivity contribution >= 4 is 22.8 Å². The predicted octanol–water partition coefficient (Wildman–Crippen LogP) is 4.33. The van der Waals surface area contributed by atoms with Gasteiger partial charge in [0.15, 0.2) is 0 Å². The summed E-state index contributed by atoms with van der Waals surface area (Å²) in [6, 6.07) is 23.6. The van der Waals surface area contributed by atoms with Crippen LogP contribution in [-0.2, 0) is 4.79 Å². The Kier molecular flexibility index (Phi) is 6.42. The van der Waals surface area contributed by atoms with Gasteiger partial charge in [0.1, 0.15) is 11.2 Å². The number of nitriles is 1. The zero-order chi connectivity index (χ0) is 24.3. The summed E-state index contributed by atoms with van der Waals surface area (Å²) in [6.07, 6.45) is -1.00. The van der Waals surface area contributed by atoms with E-state index in [1.165, 1.54) is 4.90 Å². The fraction of sp³-hybridized carbons (Fsp3) is 0.296. The largest absolute Gasteiger partial charge is 0.496 e. The first kappa shape index (κ1) is 23.1. The summed E-state index contributed by atoms with van der Waals surface area (Å²) in [7, 11) is 1.58. The molecule has 7 nitrogen and oxygen atoms in total. The van der Waals surface area contributed by atoms with Gasteiger partial charge >= 0.3 is 6.09 Å². The van der Waals surface area contributed by atoms with Crippen LogP contribution in [0, 0.1) is 16.7 Å². The Morgan fingerprint density at radius 2 is 1.53 bits per heavy atom. The maximum Gasteiger partial charge on any atom is 0.407 e. The highest BCUT2D eigenvalue weighted by atomic mass is 16.5. The van der Waals surface area contributed by atoms with Crippen molar-refractivity contribution in [2.45, 2.75) is 12.8 Å². The Morgan fingerprint density at radius 1 is 0.941 bits per heavy atom. The molecule has 7 heteroatoms. The highest BCUT2D eigenvalue weighted by Crippen LogP contribution is 2.47. The Balaban J connectivity index is 1.86. The molecule has 0 bridgehead atoms. The maximum absolute atomic E-state index is 13.9. The van der Waals surface area contributed by atoms with Gasteiger partial charge in [0.25, 0.3) is 0 Å². The monoisotopic (exact) mass is 457 g/mol. The van der Waals surface area contributed by atoms with Crippen molar-refractivity contribution in [3.8, 4) is 11.8 Å². The summed E-state index contributed by atoms with van der Waals surface area (Å²) in [5.41, 5.74) is 0.163. The highest BCUT2D eigenvalue weighted by Gasteiger charge is 2.47. The molecular weight excluding hydrogens is 430 g/mol. The average Bonchev–Trinajstić information content (AvgIpc) is 2.88. The lowest BCUT2D eigenvalue weighted by Crippen LogP contribution is -2.54. The second-order valence-electron chi connectivity index (χ2n) is 8.62. The lowest BCUT2D eigenvalue weighted by molar-refractivity contribution is -0.140. The van der Waals surface area contributed by atoms with Crippen LogP contribution in [0.15, 0.2) is 66.7 Å². The van der Waals surface area contributed by atoms with Crippen LogP contribution in [0.2, 0.25) is 0 Å². The average molecular weight is 458 g/mol. The number of para-hydroxylation sites is 1. The Hall–Kier alpha value is -4.05. The first-order valence-electron chi connectivity index (χ1n) is 11.2. The summed E-state index contributed by atoms with van der Waals surface area (Å²) >= 11 is 0. The number of amides is 2. The predicted molar refractivity (Wildman–Crippen MR) is 129 cm³/mol. The van der Waals surface area contributed by atoms with Crippen molar-refractivity contribution in [2.75, 3.05) is 33.3 Å². The van der Waals surface area contributed by atoms with Crippen molar-refractivity contribution in [3.05, 3.63) is 77.9 Å². The van der Waals surface area contributed by atoms with Crippen LogP contribution >= 0.6 is 0 Å². The van der Waals surface area contributed by atoms with Crippen molar-refractivity contribution in [1.82, 2.24) is 9.80 Å². The number of methoxy groups -OCH3 is 1. The van der Waals surface area contributed by atoms with Crippen LogP contribution in [0.1, 0.15) is 24.0 Å². The standard InChI is InChI=1S/C27H27N3O4/c1-27(18-28,25(31)29-14-16-30(17-15-29)26(32)33)24(22-11-5-6-13-23(22)34-2)21-12-7-9-19-8-3-4-10-20(19)21/h3-13,24H,14-17H2,1-2H3,(H,32,33). The maximum atomic E-state index is 13.9. The van der Waals surface area contributed by atoms with Crippen LogP contribution in [0.5, 0.6) is 5.75 Å². The Labute approximate surface area is 198 Å². The molecule has 0 spiro atoms. The van der Waals surface area contributed by atoms with Crippen LogP contribution in [-0.4, -0.2) is 60.2 Å². The molecule has 3 aromatic rings. The van der Waals surface area contributed by atoms with Crippen LogP contribution < -0.4 is 4.74 Å². The molecule has 2 amide bonds. The number of hydrogen-bond acceptors (Lipinski definition) is 4. The minimum Gasteiger partial charge on any atom is -0.496 e. The highest BCUT2D eigenvalue weighted by molar-refractivity contribution is 5.91. The van der Waals surface area contributed by atoms with E-state index in [1.54, 1.807) is 18.9 Å². The minimum atomic E-state index is -1.45. The van der Waals surface area contributed by atoms with Gasteiger partial charge in [-0.3, -0.25) is 4.79 Å². The molecule has 174 valence electrons. The molecule has 0 radical (unpaired) electrons. The molecule has 34 heavy (non-hydrogen) atoms. The van der Waals surface area contributed by atoms with E-state index in [0.717, 1.165) is 21.9 Å². The minimum absolute atomic E-state index is 0.218. The molecule has 4 rings (SSSR count). The zero-order valence-corrected chi connectivity index (χ0v) is 19.3. The fourth-order valence-electron chi connectivity index (χ4n) is 4.86. The van der Waals surface area contributed by atoms with Gasteiger partial charge in [-0.25, -0.2) is 4.79 Å². The van der Waals surface area contributed by atoms with E-state index in [9.17, 15) is 20.0 Å². The lowest BCUT2D eigenvalue weighted by atomic mass is 9.68. The number of carbonyl (C=O) groups is 2. The van der Waals surface area contributed by atoms with Gasteiger partial charge in [-0.1, -0.05) is 60.7 Å². The van der Waals surface area contributed by atoms with Crippen molar-refractivity contribution in [3.63, 3.8) is 0 Å². The number of carboxylic acid groups (broad SMARTS) is 1. The molecule has 1 N–H and O–H groups in total. The van der Waals surface area contributed by atoms with Crippen molar-refractivity contribution in [1.29, 1.82) is 5.26 Å². The molecule has 1 fully saturated rings. The normalized spacial score (nSPS) is 16.4. The molecule has 1 aliphatic heterocycles. The van der Waals surface area contributed by atoms with Gasteiger partial charge in [-0.15, -0.1) is 0 Å². The third-order valence-corrected chi connectivity index (χ3v) is 6.68. The number of nitrogens with zero attached hydrogens (tertiary/aromatic N) is 3. The second-order valence-corrected chi connectivity index (χ2v) is 8.62. The molecule has 2 atom stereocenters. The zero-order valence-electron chi connectivity index (χ0n) is 19.3. The Morgan fingerprint density at radius 3 is 2.21 bits per heavy atom. The lowest BCUT2D eigenvalue weighted by Gasteiger charge is -2.40. The number of rotatable bonds is 5. The van der Waals surface area contributed by atoms with E-state index in [2.05, 4.69) is 6.07 Å². The van der Waals surface area contributed by atoms with E-state index < -0.39 is 17.4 Å². The molecule has 1 heterocycles. The molecule has 1 aliphatic rings. The third-order valence-electron chi connectivity index (χ3n) is 6.68. The van der Waals surface area contributed by atoms with E-state index in [-0.39, 0.29) is 32.1 Å². The van der Waals surface area contributed by atoms with Crippen LogP contribution in [0.25, 0.3) is 10.8 Å². The molecule has 0 aromatic heterocycles. The molecule has 3 aromatic carbocycles. The summed E-state index contributed by atoms with van der Waals surface area (Å²) in [5, 5.41) is 21.8. The summed E-state index contributed by atoms with van der Waals surface area (Å²) in [5.74, 6) is -0.320. The number of piperazine rings is 1. The van der Waals surface area contributed by atoms with Crippen molar-refractivity contribution < 1.29 is 19.4 Å². The third kappa shape index (κ3) is 4.03. The number of ether oxygens (including phenoxy) is 1. The van der Waals surface area contributed by atoms with E-state index in [0.29, 0.717) is 5.75 Å². The first-order valence-corrected chi connectivity index (χ1v) is 11.2. The van der Waals surface area contributed by atoms with Crippen molar-refractivity contribution in [2.24, 2.45) is 5.41 Å². The van der Waals surface area contributed by atoms with Crippen LogP contribution in [0.3, 0.4) is 0 Å². The quantitative estimate of drug-likeness (QED) is 0.615. The van der Waals surface area contributed by atoms with E-state index in [1.807, 2.05) is 66.7 Å². The number of carbonyl (C=O) groups excluding carboxylic acids is 1. The Bertz CT molecular complexity index is 1250. The van der Waals surface area contributed by atoms with E-state index >= 15 is 0 Å². The van der Waals surface area contributed by atoms with Gasteiger partial charge < -0.3 is 19.6 Å². The van der Waals surface area contributed by atoms with E-state index in [4.69, 9.17) is 4.74 Å². The van der Waals surface area contributed by atoms with Gasteiger partial charge in [0.2, 0.25) is 5.91 Å². The number of fused-ring (bicyclic) bond motifs is 1. The van der Waals surface area contributed by atoms with Gasteiger partial charge in [0.05, 0.1) is 13.2 Å². The molecule has 1 saturated heterocycles. The summed E-state index contributed by atoms with van der Waals surface area (Å²) < 4.78 is 5.66. The summed E-state index contributed by atoms with van der Waals surface area (Å²) in [4.78, 5) is 28.2. The number of benzene rings is 3. The van der Waals surface area contributed by atoms with Gasteiger partial charge in [-0.05, 0) is 29.3 Å². The van der Waals surface area contributed by atoms with Crippen LogP contribution in [0.4, 0.5) is 4.79 Å². The molecule has 0 saturated carbocycles. The molecular formula is C27H27N3O4. The van der Waals surface area contributed by atoms with Gasteiger partial charge in [-0.2, -0.15) is 5.26 Å². The summed E-state index contributed by atoms with van der Waals surface area (Å²) in [6.45, 7) is 2.61. The first-order chi connectivity index (χ1) is 16.4. The number of hydrogen-bond donors (Lipinski definition) is 1. The SMILES string of the molecule is COc1ccccc1C(c1cccc2ccccc12)C(C)(C#N)C(=O)N1CCN(C(=O)O)CC1.